The third-order valence-corrected chi connectivity index (χ3v) is 9.79. The molecule has 0 aliphatic carbocycles. The molecule has 1 aliphatic heterocycles. The number of fused-ring (bicyclic) bond motifs is 2. The summed E-state index contributed by atoms with van der Waals surface area (Å²) < 4.78 is 16.7. The summed E-state index contributed by atoms with van der Waals surface area (Å²) in [5.41, 5.74) is 3.99. The van der Waals surface area contributed by atoms with Gasteiger partial charge in [-0.25, -0.2) is 9.97 Å². The topological polar surface area (TPSA) is 134 Å². The number of aromatic amines is 2. The van der Waals surface area contributed by atoms with Crippen LogP contribution in [0.3, 0.4) is 0 Å². The molecule has 2 aromatic carbocycles. The Hall–Kier alpha value is -4.13. The molecule has 4 aromatic rings. The number of benzene rings is 2. The van der Waals surface area contributed by atoms with Crippen LogP contribution in [0.2, 0.25) is 0 Å². The smallest absolute Gasteiger partial charge is 0.224 e. The molecule has 0 fully saturated rings. The highest BCUT2D eigenvalue weighted by molar-refractivity contribution is 7.99. The molecule has 3 N–H and O–H groups in total. The lowest BCUT2D eigenvalue weighted by molar-refractivity contribution is -0.132. The number of carbonyl (C=O) groups is 2. The van der Waals surface area contributed by atoms with Crippen LogP contribution in [-0.4, -0.2) is 83.2 Å². The van der Waals surface area contributed by atoms with Gasteiger partial charge >= 0.3 is 0 Å². The van der Waals surface area contributed by atoms with Gasteiger partial charge in [0.25, 0.3) is 0 Å². The minimum atomic E-state index is -0.0731. The van der Waals surface area contributed by atoms with Crippen molar-refractivity contribution in [3.8, 4) is 34.0 Å². The monoisotopic (exact) mass is 688 g/mol. The standard InChI is InChI=1S/C37H48N6O5S/c1-24(46-4)18-36(44)38-16-8-6-10-34-40-23-29(42-34)27-12-14-30-33(21-27)49-32-15-13-26(20-31(32)48-30)28-22-39-35(41-28)11-7-9-17-43(3)37(45)19-25(2)47-5/h12-15,20-25H,6-11,16-19H2,1-5H3,(H,38,44)(H,39,41)(H,40,42). The minimum absolute atomic E-state index is 0.0191. The number of ether oxygens (including phenoxy) is 3. The number of carbonyl (C=O) groups excluding carboxylic acids is 2. The van der Waals surface area contributed by atoms with E-state index in [0.717, 1.165) is 94.0 Å². The summed E-state index contributed by atoms with van der Waals surface area (Å²) in [6.45, 7) is 5.16. The van der Waals surface area contributed by atoms with E-state index in [9.17, 15) is 9.59 Å². The van der Waals surface area contributed by atoms with Crippen molar-refractivity contribution in [3.05, 3.63) is 60.4 Å². The van der Waals surface area contributed by atoms with E-state index in [-0.39, 0.29) is 24.0 Å². The molecule has 3 heterocycles. The van der Waals surface area contributed by atoms with Crippen LogP contribution in [0.1, 0.15) is 64.0 Å². The molecule has 1 aliphatic rings. The van der Waals surface area contributed by atoms with E-state index in [1.165, 1.54) is 0 Å². The lowest BCUT2D eigenvalue weighted by Crippen LogP contribution is -2.30. The quantitative estimate of drug-likeness (QED) is 0.0857. The Bertz CT molecular complexity index is 1700. The van der Waals surface area contributed by atoms with Gasteiger partial charge in [-0.05, 0) is 69.9 Å². The number of unbranched alkanes of at least 4 members (excludes halogenated alkanes) is 2. The highest BCUT2D eigenvalue weighted by Crippen LogP contribution is 2.49. The van der Waals surface area contributed by atoms with Crippen LogP contribution in [0.4, 0.5) is 0 Å². The molecule has 0 bridgehead atoms. The second kappa shape index (κ2) is 17.5. The molecule has 0 radical (unpaired) electrons. The van der Waals surface area contributed by atoms with Crippen LogP contribution in [0.25, 0.3) is 22.5 Å². The predicted molar refractivity (Wildman–Crippen MR) is 191 cm³/mol. The van der Waals surface area contributed by atoms with Gasteiger partial charge in [0.15, 0.2) is 0 Å². The van der Waals surface area contributed by atoms with Crippen LogP contribution in [0.5, 0.6) is 11.5 Å². The lowest BCUT2D eigenvalue weighted by Gasteiger charge is -2.20. The molecule has 5 rings (SSSR count). The zero-order valence-electron chi connectivity index (χ0n) is 29.1. The van der Waals surface area contributed by atoms with Gasteiger partial charge in [-0.15, -0.1) is 0 Å². The van der Waals surface area contributed by atoms with Crippen LogP contribution >= 0.6 is 11.8 Å². The van der Waals surface area contributed by atoms with E-state index in [1.807, 2.05) is 39.4 Å². The Morgan fingerprint density at radius 2 is 1.47 bits per heavy atom. The summed E-state index contributed by atoms with van der Waals surface area (Å²) in [5.74, 6) is 3.64. The number of hydrogen-bond donors (Lipinski definition) is 3. The van der Waals surface area contributed by atoms with Crippen molar-refractivity contribution in [2.75, 3.05) is 34.4 Å². The molecule has 0 spiro atoms. The van der Waals surface area contributed by atoms with Gasteiger partial charge in [-0.2, -0.15) is 0 Å². The zero-order chi connectivity index (χ0) is 34.8. The van der Waals surface area contributed by atoms with Crippen LogP contribution in [0.15, 0.2) is 58.6 Å². The molecule has 262 valence electrons. The first-order valence-electron chi connectivity index (χ1n) is 17.0. The van der Waals surface area contributed by atoms with Gasteiger partial charge in [-0.1, -0.05) is 17.8 Å². The Labute approximate surface area is 292 Å². The number of H-pyrrole nitrogens is 2. The van der Waals surface area contributed by atoms with Crippen molar-refractivity contribution in [1.82, 2.24) is 30.2 Å². The molecule has 2 aromatic heterocycles. The summed E-state index contributed by atoms with van der Waals surface area (Å²) in [6.07, 6.45) is 9.67. The molecule has 11 nitrogen and oxygen atoms in total. The van der Waals surface area contributed by atoms with E-state index in [0.29, 0.717) is 25.9 Å². The SMILES string of the molecule is COC(C)CC(=O)NCCCCc1ncc(-c2ccc3c(c2)Sc2ccc(-c4cnc(CCCCN(C)C(=O)CC(C)OC)[nH]4)cc2O3)[nH]1. The van der Waals surface area contributed by atoms with Crippen molar-refractivity contribution in [3.63, 3.8) is 0 Å². The average molecular weight is 689 g/mol. The van der Waals surface area contributed by atoms with Crippen molar-refractivity contribution in [2.45, 2.75) is 87.2 Å². The van der Waals surface area contributed by atoms with Crippen LogP contribution < -0.4 is 10.1 Å². The Morgan fingerprint density at radius 1 is 0.837 bits per heavy atom. The third kappa shape index (κ3) is 10.2. The minimum Gasteiger partial charge on any atom is -0.455 e. The Kier molecular flexibility index (Phi) is 12.9. The number of nitrogens with one attached hydrogen (secondary N) is 3. The maximum Gasteiger partial charge on any atom is 0.224 e. The highest BCUT2D eigenvalue weighted by Gasteiger charge is 2.20. The van der Waals surface area contributed by atoms with Crippen LogP contribution in [-0.2, 0) is 31.9 Å². The highest BCUT2D eigenvalue weighted by atomic mass is 32.2. The van der Waals surface area contributed by atoms with Gasteiger partial charge in [0.2, 0.25) is 11.8 Å². The fourth-order valence-corrected chi connectivity index (χ4v) is 6.47. The van der Waals surface area contributed by atoms with Crippen molar-refractivity contribution < 1.29 is 23.8 Å². The molecule has 12 heteroatoms. The summed E-state index contributed by atoms with van der Waals surface area (Å²) in [6, 6.07) is 12.5. The molecule has 2 amide bonds. The van der Waals surface area contributed by atoms with E-state index >= 15 is 0 Å². The van der Waals surface area contributed by atoms with E-state index in [4.69, 9.17) is 14.2 Å². The van der Waals surface area contributed by atoms with E-state index in [2.05, 4.69) is 55.6 Å². The van der Waals surface area contributed by atoms with Crippen molar-refractivity contribution in [1.29, 1.82) is 0 Å². The van der Waals surface area contributed by atoms with Gasteiger partial charge in [-0.3, -0.25) is 9.59 Å². The number of amides is 2. The molecular weight excluding hydrogens is 641 g/mol. The fraction of sp³-hybridized carbons (Fsp3) is 0.459. The normalized spacial score (nSPS) is 13.2. The first-order valence-corrected chi connectivity index (χ1v) is 17.8. The molecule has 0 saturated heterocycles. The number of aromatic nitrogens is 4. The second-order valence-corrected chi connectivity index (χ2v) is 13.7. The largest absolute Gasteiger partial charge is 0.455 e. The first-order chi connectivity index (χ1) is 23.7. The average Bonchev–Trinajstić information content (AvgIpc) is 3.78. The maximum absolute atomic E-state index is 12.3. The number of rotatable bonds is 18. The van der Waals surface area contributed by atoms with E-state index in [1.54, 1.807) is 30.9 Å². The molecule has 0 saturated carbocycles. The number of hydrogen-bond acceptors (Lipinski definition) is 8. The van der Waals surface area contributed by atoms with Gasteiger partial charge in [0, 0.05) is 58.3 Å². The summed E-state index contributed by atoms with van der Waals surface area (Å²) >= 11 is 1.69. The van der Waals surface area contributed by atoms with E-state index < -0.39 is 0 Å². The summed E-state index contributed by atoms with van der Waals surface area (Å²) in [5, 5.41) is 2.95. The Morgan fingerprint density at radius 3 is 2.16 bits per heavy atom. The Balaban J connectivity index is 1.09. The molecule has 2 atom stereocenters. The number of methoxy groups -OCH3 is 2. The maximum atomic E-state index is 12.3. The van der Waals surface area contributed by atoms with Gasteiger partial charge in [0.05, 0.1) is 58.6 Å². The number of aryl methyl sites for hydroxylation is 2. The molecular formula is C37H48N6O5S. The van der Waals surface area contributed by atoms with Crippen molar-refractivity contribution >= 4 is 23.6 Å². The fourth-order valence-electron chi connectivity index (χ4n) is 5.50. The zero-order valence-corrected chi connectivity index (χ0v) is 30.0. The van der Waals surface area contributed by atoms with Gasteiger partial charge < -0.3 is 34.4 Å². The lowest BCUT2D eigenvalue weighted by atomic mass is 10.1. The third-order valence-electron chi connectivity index (χ3n) is 8.69. The number of imidazole rings is 2. The van der Waals surface area contributed by atoms with Gasteiger partial charge in [0.1, 0.15) is 23.1 Å². The first kappa shape index (κ1) is 36.2. The molecule has 49 heavy (non-hydrogen) atoms. The molecule has 2 unspecified atom stereocenters. The summed E-state index contributed by atoms with van der Waals surface area (Å²) in [7, 11) is 5.09. The number of nitrogens with zero attached hydrogens (tertiary/aromatic N) is 3. The van der Waals surface area contributed by atoms with Crippen LogP contribution in [0, 0.1) is 0 Å². The second-order valence-electron chi connectivity index (χ2n) is 12.6. The van der Waals surface area contributed by atoms with Crippen molar-refractivity contribution in [2.24, 2.45) is 0 Å². The summed E-state index contributed by atoms with van der Waals surface area (Å²) in [4.78, 5) is 44.2. The predicted octanol–water partition coefficient (Wildman–Crippen LogP) is 6.79.